The molecule has 1 aliphatic heterocycles. The van der Waals surface area contributed by atoms with Gasteiger partial charge in [0.25, 0.3) is 5.91 Å². The number of hydrogen-bond donors (Lipinski definition) is 2. The highest BCUT2D eigenvalue weighted by Crippen LogP contribution is 2.31. The van der Waals surface area contributed by atoms with Crippen molar-refractivity contribution in [1.29, 1.82) is 0 Å². The molecular weight excluding hydrogens is 456 g/mol. The van der Waals surface area contributed by atoms with Crippen molar-refractivity contribution in [2.24, 2.45) is 0 Å². The molecule has 1 fully saturated rings. The SMILES string of the molecule is CN(C)S(=O)(=O)c1ccc(NC(=O)CN2C(=O)N[C@](C)(c3ccc4ccccc4c3)C2=O)cc1. The Hall–Kier alpha value is -3.76. The van der Waals surface area contributed by atoms with Crippen molar-refractivity contribution in [2.75, 3.05) is 26.0 Å². The maximum absolute atomic E-state index is 13.2. The zero-order valence-electron chi connectivity index (χ0n) is 18.9. The summed E-state index contributed by atoms with van der Waals surface area (Å²) in [5.41, 5.74) is -0.346. The van der Waals surface area contributed by atoms with Crippen molar-refractivity contribution in [3.63, 3.8) is 0 Å². The van der Waals surface area contributed by atoms with E-state index in [4.69, 9.17) is 0 Å². The third-order valence-corrected chi connectivity index (χ3v) is 7.65. The van der Waals surface area contributed by atoms with E-state index in [1.165, 1.54) is 38.4 Å². The quantitative estimate of drug-likeness (QED) is 0.526. The summed E-state index contributed by atoms with van der Waals surface area (Å²) >= 11 is 0. The maximum atomic E-state index is 13.2. The molecule has 0 bridgehead atoms. The van der Waals surface area contributed by atoms with E-state index in [9.17, 15) is 22.8 Å². The van der Waals surface area contributed by atoms with Gasteiger partial charge in [-0.25, -0.2) is 17.5 Å². The number of amides is 4. The van der Waals surface area contributed by atoms with Gasteiger partial charge < -0.3 is 10.6 Å². The van der Waals surface area contributed by atoms with Gasteiger partial charge in [0, 0.05) is 19.8 Å². The van der Waals surface area contributed by atoms with Gasteiger partial charge >= 0.3 is 6.03 Å². The van der Waals surface area contributed by atoms with Gasteiger partial charge in [0.1, 0.15) is 12.1 Å². The summed E-state index contributed by atoms with van der Waals surface area (Å²) in [5.74, 6) is -1.12. The van der Waals surface area contributed by atoms with Gasteiger partial charge in [0.2, 0.25) is 15.9 Å². The third kappa shape index (κ3) is 4.13. The first kappa shape index (κ1) is 23.4. The van der Waals surface area contributed by atoms with Crippen LogP contribution in [-0.4, -0.2) is 56.1 Å². The molecule has 0 radical (unpaired) electrons. The maximum Gasteiger partial charge on any atom is 0.325 e. The van der Waals surface area contributed by atoms with Gasteiger partial charge in [-0.1, -0.05) is 36.4 Å². The summed E-state index contributed by atoms with van der Waals surface area (Å²) in [7, 11) is -0.743. The minimum atomic E-state index is -3.59. The summed E-state index contributed by atoms with van der Waals surface area (Å²) in [6.45, 7) is 1.13. The zero-order chi connectivity index (χ0) is 24.7. The second kappa shape index (κ2) is 8.54. The van der Waals surface area contributed by atoms with Crippen LogP contribution in [0.25, 0.3) is 10.8 Å². The van der Waals surface area contributed by atoms with Gasteiger partial charge in [-0.15, -0.1) is 0 Å². The van der Waals surface area contributed by atoms with E-state index in [1.807, 2.05) is 36.4 Å². The number of nitrogens with one attached hydrogen (secondary N) is 2. The smallest absolute Gasteiger partial charge is 0.325 e. The van der Waals surface area contributed by atoms with Crippen LogP contribution in [0, 0.1) is 0 Å². The molecule has 9 nitrogen and oxygen atoms in total. The topological polar surface area (TPSA) is 116 Å². The summed E-state index contributed by atoms with van der Waals surface area (Å²) in [6.07, 6.45) is 0. The molecule has 176 valence electrons. The fourth-order valence-electron chi connectivity index (χ4n) is 3.80. The van der Waals surface area contributed by atoms with E-state index in [0.717, 1.165) is 20.0 Å². The van der Waals surface area contributed by atoms with Crippen LogP contribution in [0.4, 0.5) is 10.5 Å². The molecule has 0 aliphatic carbocycles. The second-order valence-electron chi connectivity index (χ2n) is 8.37. The molecule has 4 rings (SSSR count). The number of anilines is 1. The average molecular weight is 481 g/mol. The highest BCUT2D eigenvalue weighted by Gasteiger charge is 2.49. The molecule has 0 aromatic heterocycles. The number of carbonyl (C=O) groups excluding carboxylic acids is 3. The highest BCUT2D eigenvalue weighted by molar-refractivity contribution is 7.89. The van der Waals surface area contributed by atoms with Gasteiger partial charge in [-0.3, -0.25) is 14.5 Å². The fourth-order valence-corrected chi connectivity index (χ4v) is 4.70. The Kier molecular flexibility index (Phi) is 5.88. The van der Waals surface area contributed by atoms with Crippen molar-refractivity contribution in [3.05, 3.63) is 72.3 Å². The lowest BCUT2D eigenvalue weighted by atomic mass is 9.90. The van der Waals surface area contributed by atoms with Crippen LogP contribution in [0.15, 0.2) is 71.6 Å². The van der Waals surface area contributed by atoms with E-state index in [1.54, 1.807) is 13.0 Å². The Morgan fingerprint density at radius 2 is 1.65 bits per heavy atom. The molecule has 10 heteroatoms. The van der Waals surface area contributed by atoms with E-state index in [-0.39, 0.29) is 4.90 Å². The van der Waals surface area contributed by atoms with E-state index < -0.39 is 40.0 Å². The molecule has 0 unspecified atom stereocenters. The highest BCUT2D eigenvalue weighted by atomic mass is 32.2. The Morgan fingerprint density at radius 1 is 1.00 bits per heavy atom. The van der Waals surface area contributed by atoms with Crippen LogP contribution >= 0.6 is 0 Å². The molecular formula is C24H24N4O5S. The molecule has 34 heavy (non-hydrogen) atoms. The third-order valence-electron chi connectivity index (χ3n) is 5.82. The molecule has 0 spiro atoms. The monoisotopic (exact) mass is 480 g/mol. The van der Waals surface area contributed by atoms with Crippen LogP contribution in [-0.2, 0) is 25.2 Å². The van der Waals surface area contributed by atoms with Crippen LogP contribution < -0.4 is 10.6 Å². The first-order valence-corrected chi connectivity index (χ1v) is 11.9. The summed E-state index contributed by atoms with van der Waals surface area (Å²) in [4.78, 5) is 39.3. The van der Waals surface area contributed by atoms with Crippen molar-refractivity contribution < 1.29 is 22.8 Å². The van der Waals surface area contributed by atoms with Crippen LogP contribution in [0.5, 0.6) is 0 Å². The average Bonchev–Trinajstić information content (AvgIpc) is 3.02. The largest absolute Gasteiger partial charge is 0.325 e. The van der Waals surface area contributed by atoms with Crippen LogP contribution in [0.3, 0.4) is 0 Å². The lowest BCUT2D eigenvalue weighted by molar-refractivity contribution is -0.133. The molecule has 2 N–H and O–H groups in total. The van der Waals surface area contributed by atoms with Crippen molar-refractivity contribution in [1.82, 2.24) is 14.5 Å². The zero-order valence-corrected chi connectivity index (χ0v) is 19.7. The number of nitrogens with zero attached hydrogens (tertiary/aromatic N) is 2. The van der Waals surface area contributed by atoms with Gasteiger partial charge in [0.15, 0.2) is 0 Å². The number of rotatable bonds is 6. The predicted octanol–water partition coefficient (Wildman–Crippen LogP) is 2.50. The van der Waals surface area contributed by atoms with Crippen LogP contribution in [0.1, 0.15) is 12.5 Å². The van der Waals surface area contributed by atoms with E-state index in [2.05, 4.69) is 10.6 Å². The first-order chi connectivity index (χ1) is 16.0. The number of fused-ring (bicyclic) bond motifs is 1. The molecule has 4 amide bonds. The summed E-state index contributed by atoms with van der Waals surface area (Å²) < 4.78 is 25.4. The summed E-state index contributed by atoms with van der Waals surface area (Å²) in [5, 5.41) is 7.23. The van der Waals surface area contributed by atoms with Crippen LogP contribution in [0.2, 0.25) is 0 Å². The standard InChI is InChI=1S/C24H24N4O5S/c1-24(18-9-8-16-6-4-5-7-17(16)14-18)22(30)28(23(31)26-24)15-21(29)25-19-10-12-20(13-11-19)34(32,33)27(2)3/h4-14H,15H2,1-3H3,(H,25,29)(H,26,31)/t24-/m1/s1. The number of benzene rings is 3. The molecule has 1 saturated heterocycles. The lowest BCUT2D eigenvalue weighted by Crippen LogP contribution is -2.42. The Labute approximate surface area is 197 Å². The minimum Gasteiger partial charge on any atom is -0.325 e. The number of sulfonamides is 1. The number of carbonyl (C=O) groups is 3. The van der Waals surface area contributed by atoms with Gasteiger partial charge in [0.05, 0.1) is 4.90 Å². The van der Waals surface area contributed by atoms with E-state index in [0.29, 0.717) is 11.3 Å². The Morgan fingerprint density at radius 3 is 2.29 bits per heavy atom. The Bertz CT molecular complexity index is 1400. The number of urea groups is 1. The molecule has 0 saturated carbocycles. The molecule has 1 aliphatic rings. The van der Waals surface area contributed by atoms with E-state index >= 15 is 0 Å². The lowest BCUT2D eigenvalue weighted by Gasteiger charge is -2.22. The normalized spacial score (nSPS) is 18.4. The number of imide groups is 1. The molecule has 3 aromatic rings. The van der Waals surface area contributed by atoms with Crippen molar-refractivity contribution in [2.45, 2.75) is 17.4 Å². The predicted molar refractivity (Wildman–Crippen MR) is 127 cm³/mol. The second-order valence-corrected chi connectivity index (χ2v) is 10.5. The summed E-state index contributed by atoms with van der Waals surface area (Å²) in [6, 6.07) is 18.2. The number of hydrogen-bond acceptors (Lipinski definition) is 5. The first-order valence-electron chi connectivity index (χ1n) is 10.5. The molecule has 1 atom stereocenters. The molecule has 3 aromatic carbocycles. The van der Waals surface area contributed by atoms with Gasteiger partial charge in [-0.05, 0) is 53.6 Å². The van der Waals surface area contributed by atoms with Crippen molar-refractivity contribution >= 4 is 44.3 Å². The van der Waals surface area contributed by atoms with Gasteiger partial charge in [-0.2, -0.15) is 0 Å². The Balaban J connectivity index is 1.48. The minimum absolute atomic E-state index is 0.0794. The van der Waals surface area contributed by atoms with Crippen molar-refractivity contribution in [3.8, 4) is 0 Å². The fraction of sp³-hybridized carbons (Fsp3) is 0.208. The molecule has 1 heterocycles.